The SMILES string of the molecule is Oc1ccc(NCC2(O)CCNCC2)cc1. The van der Waals surface area contributed by atoms with Gasteiger partial charge >= 0.3 is 0 Å². The first kappa shape index (κ1) is 11.2. The fourth-order valence-electron chi connectivity index (χ4n) is 1.91. The Hall–Kier alpha value is -1.26. The summed E-state index contributed by atoms with van der Waals surface area (Å²) in [6, 6.07) is 6.88. The van der Waals surface area contributed by atoms with Crippen LogP contribution in [0.4, 0.5) is 5.69 Å². The fourth-order valence-corrected chi connectivity index (χ4v) is 1.91. The van der Waals surface area contributed by atoms with Gasteiger partial charge in [0.15, 0.2) is 0 Å². The van der Waals surface area contributed by atoms with Crippen LogP contribution in [0.2, 0.25) is 0 Å². The molecule has 1 aliphatic heterocycles. The first-order chi connectivity index (χ1) is 7.68. The van der Waals surface area contributed by atoms with Crippen LogP contribution >= 0.6 is 0 Å². The summed E-state index contributed by atoms with van der Waals surface area (Å²) in [6.07, 6.45) is 1.55. The largest absolute Gasteiger partial charge is 0.508 e. The van der Waals surface area contributed by atoms with Crippen LogP contribution in [0, 0.1) is 0 Å². The van der Waals surface area contributed by atoms with E-state index in [9.17, 15) is 5.11 Å². The van der Waals surface area contributed by atoms with E-state index in [0.29, 0.717) is 6.54 Å². The summed E-state index contributed by atoms with van der Waals surface area (Å²) in [6.45, 7) is 2.29. The van der Waals surface area contributed by atoms with Crippen LogP contribution in [-0.2, 0) is 0 Å². The molecular weight excluding hydrogens is 204 g/mol. The van der Waals surface area contributed by atoms with Gasteiger partial charge in [-0.15, -0.1) is 0 Å². The summed E-state index contributed by atoms with van der Waals surface area (Å²) in [7, 11) is 0. The standard InChI is InChI=1S/C12H18N2O2/c15-11-3-1-10(2-4-11)14-9-12(16)5-7-13-8-6-12/h1-4,13-16H,5-9H2. The molecule has 2 rings (SSSR count). The molecule has 1 aromatic rings. The average Bonchev–Trinajstić information content (AvgIpc) is 2.29. The van der Waals surface area contributed by atoms with Gasteiger partial charge in [-0.05, 0) is 50.2 Å². The number of nitrogens with one attached hydrogen (secondary N) is 2. The maximum absolute atomic E-state index is 10.2. The van der Waals surface area contributed by atoms with Gasteiger partial charge in [-0.1, -0.05) is 0 Å². The molecule has 0 aromatic heterocycles. The van der Waals surface area contributed by atoms with E-state index in [-0.39, 0.29) is 5.75 Å². The van der Waals surface area contributed by atoms with E-state index < -0.39 is 5.60 Å². The van der Waals surface area contributed by atoms with Gasteiger partial charge in [0.1, 0.15) is 5.75 Å². The smallest absolute Gasteiger partial charge is 0.115 e. The van der Waals surface area contributed by atoms with Crippen LogP contribution in [0.3, 0.4) is 0 Å². The van der Waals surface area contributed by atoms with Crippen LogP contribution in [0.25, 0.3) is 0 Å². The van der Waals surface area contributed by atoms with Gasteiger partial charge in [0.25, 0.3) is 0 Å². The van der Waals surface area contributed by atoms with E-state index in [4.69, 9.17) is 5.11 Å². The van der Waals surface area contributed by atoms with E-state index >= 15 is 0 Å². The number of hydrogen-bond acceptors (Lipinski definition) is 4. The highest BCUT2D eigenvalue weighted by Gasteiger charge is 2.28. The van der Waals surface area contributed by atoms with Gasteiger partial charge in [0.2, 0.25) is 0 Å². The first-order valence-electron chi connectivity index (χ1n) is 5.64. The number of piperidine rings is 1. The molecule has 4 heteroatoms. The topological polar surface area (TPSA) is 64.5 Å². The van der Waals surface area contributed by atoms with Gasteiger partial charge in [0, 0.05) is 12.2 Å². The lowest BCUT2D eigenvalue weighted by atomic mass is 9.92. The van der Waals surface area contributed by atoms with Crippen molar-refractivity contribution < 1.29 is 10.2 Å². The lowest BCUT2D eigenvalue weighted by Gasteiger charge is -2.32. The summed E-state index contributed by atoms with van der Waals surface area (Å²) in [4.78, 5) is 0. The van der Waals surface area contributed by atoms with Crippen LogP contribution in [0.15, 0.2) is 24.3 Å². The van der Waals surface area contributed by atoms with E-state index in [0.717, 1.165) is 31.6 Å². The molecule has 0 spiro atoms. The zero-order valence-corrected chi connectivity index (χ0v) is 9.24. The van der Waals surface area contributed by atoms with E-state index in [1.54, 1.807) is 24.3 Å². The Labute approximate surface area is 95.3 Å². The lowest BCUT2D eigenvalue weighted by molar-refractivity contribution is 0.0232. The van der Waals surface area contributed by atoms with Crippen molar-refractivity contribution in [2.24, 2.45) is 0 Å². The van der Waals surface area contributed by atoms with Crippen molar-refractivity contribution in [1.82, 2.24) is 5.32 Å². The number of benzene rings is 1. The molecule has 0 amide bonds. The zero-order valence-electron chi connectivity index (χ0n) is 9.24. The summed E-state index contributed by atoms with van der Waals surface area (Å²) >= 11 is 0. The minimum absolute atomic E-state index is 0.256. The molecule has 0 unspecified atom stereocenters. The number of aliphatic hydroxyl groups is 1. The molecule has 0 atom stereocenters. The second kappa shape index (κ2) is 4.72. The summed E-state index contributed by atoms with van der Waals surface area (Å²) in [5.41, 5.74) is 0.313. The van der Waals surface area contributed by atoms with E-state index in [1.807, 2.05) is 0 Å². The molecular formula is C12H18N2O2. The van der Waals surface area contributed by atoms with E-state index in [2.05, 4.69) is 10.6 Å². The Morgan fingerprint density at radius 3 is 2.44 bits per heavy atom. The minimum Gasteiger partial charge on any atom is -0.508 e. The normalized spacial score (nSPS) is 19.3. The maximum Gasteiger partial charge on any atom is 0.115 e. The van der Waals surface area contributed by atoms with Crippen molar-refractivity contribution in [3.8, 4) is 5.75 Å². The molecule has 1 saturated heterocycles. The highest BCUT2D eigenvalue weighted by atomic mass is 16.3. The molecule has 1 heterocycles. The number of hydrogen-bond donors (Lipinski definition) is 4. The van der Waals surface area contributed by atoms with Crippen LogP contribution in [0.5, 0.6) is 5.75 Å². The molecule has 0 radical (unpaired) electrons. The number of rotatable bonds is 3. The van der Waals surface area contributed by atoms with Crippen molar-refractivity contribution in [2.45, 2.75) is 18.4 Å². The highest BCUT2D eigenvalue weighted by molar-refractivity contribution is 5.46. The molecule has 4 N–H and O–H groups in total. The fraction of sp³-hybridized carbons (Fsp3) is 0.500. The van der Waals surface area contributed by atoms with Gasteiger partial charge in [-0.3, -0.25) is 0 Å². The summed E-state index contributed by atoms with van der Waals surface area (Å²) in [5, 5.41) is 25.8. The molecule has 4 nitrogen and oxygen atoms in total. The first-order valence-corrected chi connectivity index (χ1v) is 5.64. The monoisotopic (exact) mass is 222 g/mol. The molecule has 88 valence electrons. The third kappa shape index (κ3) is 2.87. The highest BCUT2D eigenvalue weighted by Crippen LogP contribution is 2.20. The predicted octanol–water partition coefficient (Wildman–Crippen LogP) is 0.919. The van der Waals surface area contributed by atoms with Crippen molar-refractivity contribution in [3.05, 3.63) is 24.3 Å². The van der Waals surface area contributed by atoms with Crippen LogP contribution < -0.4 is 10.6 Å². The third-order valence-electron chi connectivity index (χ3n) is 3.02. The van der Waals surface area contributed by atoms with Gasteiger partial charge in [0.05, 0.1) is 5.60 Å². The predicted molar refractivity (Wildman–Crippen MR) is 63.7 cm³/mol. The van der Waals surface area contributed by atoms with Crippen molar-refractivity contribution in [2.75, 3.05) is 25.0 Å². The molecule has 0 bridgehead atoms. The van der Waals surface area contributed by atoms with Crippen LogP contribution in [0.1, 0.15) is 12.8 Å². The molecule has 16 heavy (non-hydrogen) atoms. The molecule has 1 fully saturated rings. The van der Waals surface area contributed by atoms with Crippen molar-refractivity contribution in [3.63, 3.8) is 0 Å². The second-order valence-electron chi connectivity index (χ2n) is 4.37. The summed E-state index contributed by atoms with van der Waals surface area (Å²) in [5.74, 6) is 0.256. The number of anilines is 1. The van der Waals surface area contributed by atoms with Crippen molar-refractivity contribution >= 4 is 5.69 Å². The van der Waals surface area contributed by atoms with Gasteiger partial charge in [-0.25, -0.2) is 0 Å². The Balaban J connectivity index is 1.88. The zero-order chi connectivity index (χ0) is 11.4. The van der Waals surface area contributed by atoms with Gasteiger partial charge < -0.3 is 20.8 Å². The Bertz CT molecular complexity index is 331. The Morgan fingerprint density at radius 1 is 1.19 bits per heavy atom. The molecule has 0 saturated carbocycles. The molecule has 1 aromatic carbocycles. The molecule has 1 aliphatic rings. The number of aromatic hydroxyl groups is 1. The van der Waals surface area contributed by atoms with Crippen LogP contribution in [-0.4, -0.2) is 35.4 Å². The minimum atomic E-state index is -0.608. The Morgan fingerprint density at radius 2 is 1.81 bits per heavy atom. The Kier molecular flexibility index (Phi) is 3.31. The quantitative estimate of drug-likeness (QED) is 0.574. The number of phenols is 1. The van der Waals surface area contributed by atoms with Crippen molar-refractivity contribution in [1.29, 1.82) is 0 Å². The van der Waals surface area contributed by atoms with E-state index in [1.165, 1.54) is 0 Å². The maximum atomic E-state index is 10.2. The lowest BCUT2D eigenvalue weighted by Crippen LogP contribution is -2.46. The third-order valence-corrected chi connectivity index (χ3v) is 3.02. The van der Waals surface area contributed by atoms with Gasteiger partial charge in [-0.2, -0.15) is 0 Å². The number of phenolic OH excluding ortho intramolecular Hbond substituents is 1. The second-order valence-corrected chi connectivity index (χ2v) is 4.37. The summed E-state index contributed by atoms with van der Waals surface area (Å²) < 4.78 is 0. The molecule has 0 aliphatic carbocycles. The average molecular weight is 222 g/mol.